The quantitative estimate of drug-likeness (QED) is 0.516. The summed E-state index contributed by atoms with van der Waals surface area (Å²) in [6.07, 6.45) is 1.72. The lowest BCUT2D eigenvalue weighted by molar-refractivity contribution is 0.417. The number of aryl methyl sites for hydroxylation is 1. The summed E-state index contributed by atoms with van der Waals surface area (Å²) in [4.78, 5) is 0. The molecule has 21 heavy (non-hydrogen) atoms. The van der Waals surface area contributed by atoms with E-state index in [1.807, 2.05) is 55.5 Å². The zero-order valence-electron chi connectivity index (χ0n) is 12.0. The summed E-state index contributed by atoms with van der Waals surface area (Å²) < 4.78 is 5.24. The number of hydrazone groups is 1. The Balaban J connectivity index is 1.91. The van der Waals surface area contributed by atoms with E-state index in [2.05, 4.69) is 15.8 Å². The van der Waals surface area contributed by atoms with E-state index in [0.717, 1.165) is 17.0 Å². The third-order valence-corrected chi connectivity index (χ3v) is 3.01. The Morgan fingerprint density at radius 3 is 2.57 bits per heavy atom. The van der Waals surface area contributed by atoms with E-state index in [0.29, 0.717) is 5.11 Å². The molecule has 2 N–H and O–H groups in total. The molecule has 0 bridgehead atoms. The minimum Gasteiger partial charge on any atom is -0.495 e. The van der Waals surface area contributed by atoms with Crippen LogP contribution in [-0.2, 0) is 0 Å². The van der Waals surface area contributed by atoms with Crippen molar-refractivity contribution in [2.45, 2.75) is 6.92 Å². The molecule has 0 amide bonds. The first-order chi connectivity index (χ1) is 10.2. The Morgan fingerprint density at radius 2 is 1.86 bits per heavy atom. The molecule has 4 nitrogen and oxygen atoms in total. The van der Waals surface area contributed by atoms with Crippen LogP contribution in [0.5, 0.6) is 5.75 Å². The van der Waals surface area contributed by atoms with Gasteiger partial charge < -0.3 is 10.1 Å². The van der Waals surface area contributed by atoms with Gasteiger partial charge in [0, 0.05) is 0 Å². The summed E-state index contributed by atoms with van der Waals surface area (Å²) in [5.74, 6) is 0.726. The number of methoxy groups -OCH3 is 1. The maximum absolute atomic E-state index is 5.24. The molecule has 0 fully saturated rings. The van der Waals surface area contributed by atoms with Crippen LogP contribution in [0.3, 0.4) is 0 Å². The van der Waals surface area contributed by atoms with Crippen molar-refractivity contribution in [1.82, 2.24) is 5.43 Å². The van der Waals surface area contributed by atoms with Crippen LogP contribution in [0, 0.1) is 6.92 Å². The van der Waals surface area contributed by atoms with Gasteiger partial charge >= 0.3 is 0 Å². The lowest BCUT2D eigenvalue weighted by Gasteiger charge is -2.10. The predicted molar refractivity (Wildman–Crippen MR) is 91.1 cm³/mol. The Hall–Kier alpha value is -2.40. The van der Waals surface area contributed by atoms with Crippen molar-refractivity contribution in [3.05, 3.63) is 59.7 Å². The van der Waals surface area contributed by atoms with Gasteiger partial charge in [0.15, 0.2) is 5.11 Å². The van der Waals surface area contributed by atoms with E-state index in [9.17, 15) is 0 Å². The highest BCUT2D eigenvalue weighted by Gasteiger charge is 2.02. The molecule has 0 radical (unpaired) electrons. The number of nitrogens with zero attached hydrogens (tertiary/aromatic N) is 1. The van der Waals surface area contributed by atoms with E-state index in [-0.39, 0.29) is 0 Å². The molecule has 0 aliphatic heterocycles. The van der Waals surface area contributed by atoms with Crippen molar-refractivity contribution >= 4 is 29.2 Å². The van der Waals surface area contributed by atoms with Gasteiger partial charge in [-0.25, -0.2) is 0 Å². The Bertz CT molecular complexity index is 638. The molecule has 2 aromatic carbocycles. The largest absolute Gasteiger partial charge is 0.495 e. The van der Waals surface area contributed by atoms with Crippen molar-refractivity contribution in [3.8, 4) is 5.75 Å². The van der Waals surface area contributed by atoms with Crippen LogP contribution in [0.15, 0.2) is 53.6 Å². The smallest absolute Gasteiger partial charge is 0.191 e. The van der Waals surface area contributed by atoms with Gasteiger partial charge in [-0.2, -0.15) is 5.10 Å². The van der Waals surface area contributed by atoms with Crippen LogP contribution in [0.4, 0.5) is 5.69 Å². The van der Waals surface area contributed by atoms with Gasteiger partial charge in [0.1, 0.15) is 5.75 Å². The van der Waals surface area contributed by atoms with E-state index in [4.69, 9.17) is 17.0 Å². The van der Waals surface area contributed by atoms with E-state index in [1.54, 1.807) is 13.3 Å². The number of ether oxygens (including phenoxy) is 1. The number of thiocarbonyl (C=S) groups is 1. The van der Waals surface area contributed by atoms with E-state index < -0.39 is 0 Å². The van der Waals surface area contributed by atoms with E-state index in [1.165, 1.54) is 5.56 Å². The first-order valence-electron chi connectivity index (χ1n) is 6.49. The van der Waals surface area contributed by atoms with Crippen LogP contribution in [0.2, 0.25) is 0 Å². The molecular formula is C16H17N3OS. The molecule has 2 aromatic rings. The molecule has 2 rings (SSSR count). The highest BCUT2D eigenvalue weighted by molar-refractivity contribution is 7.80. The topological polar surface area (TPSA) is 45.6 Å². The van der Waals surface area contributed by atoms with Gasteiger partial charge in [-0.15, -0.1) is 0 Å². The fraction of sp³-hybridized carbons (Fsp3) is 0.125. The number of nitrogens with one attached hydrogen (secondary N) is 2. The average Bonchev–Trinajstić information content (AvgIpc) is 2.50. The first-order valence-corrected chi connectivity index (χ1v) is 6.89. The molecule has 0 aliphatic carbocycles. The van der Waals surface area contributed by atoms with Gasteiger partial charge in [-0.05, 0) is 36.8 Å². The molecule has 108 valence electrons. The summed E-state index contributed by atoms with van der Waals surface area (Å²) in [5, 5.41) is 7.55. The number of benzene rings is 2. The second-order valence-electron chi connectivity index (χ2n) is 4.44. The second-order valence-corrected chi connectivity index (χ2v) is 4.84. The van der Waals surface area contributed by atoms with Crippen LogP contribution in [0.25, 0.3) is 0 Å². The minimum absolute atomic E-state index is 0.405. The number of para-hydroxylation sites is 2. The number of rotatable bonds is 4. The molecule has 5 heteroatoms. The molecule has 0 unspecified atom stereocenters. The van der Waals surface area contributed by atoms with Crippen LogP contribution < -0.4 is 15.5 Å². The molecule has 0 heterocycles. The molecule has 0 aliphatic rings. The van der Waals surface area contributed by atoms with Crippen molar-refractivity contribution in [1.29, 1.82) is 0 Å². The third kappa shape index (κ3) is 4.57. The normalized spacial score (nSPS) is 10.4. The van der Waals surface area contributed by atoms with Gasteiger partial charge in [-0.1, -0.05) is 42.0 Å². The lowest BCUT2D eigenvalue weighted by Crippen LogP contribution is -2.24. The molecular weight excluding hydrogens is 282 g/mol. The zero-order valence-corrected chi connectivity index (χ0v) is 12.8. The summed E-state index contributed by atoms with van der Waals surface area (Å²) in [6.45, 7) is 2.05. The number of hydrogen-bond donors (Lipinski definition) is 2. The molecule has 0 saturated carbocycles. The van der Waals surface area contributed by atoms with Crippen LogP contribution in [0.1, 0.15) is 11.1 Å². The number of anilines is 1. The van der Waals surface area contributed by atoms with Gasteiger partial charge in [0.05, 0.1) is 19.0 Å². The maximum atomic E-state index is 5.24. The first kappa shape index (κ1) is 15.0. The summed E-state index contributed by atoms with van der Waals surface area (Å²) >= 11 is 5.19. The monoisotopic (exact) mass is 299 g/mol. The Kier molecular flexibility index (Phi) is 5.29. The average molecular weight is 299 g/mol. The summed E-state index contributed by atoms with van der Waals surface area (Å²) in [5.41, 5.74) is 5.80. The van der Waals surface area contributed by atoms with E-state index >= 15 is 0 Å². The predicted octanol–water partition coefficient (Wildman–Crippen LogP) is 3.32. The molecule has 0 atom stereocenters. The fourth-order valence-electron chi connectivity index (χ4n) is 1.72. The molecule has 0 saturated heterocycles. The second kappa shape index (κ2) is 7.40. The minimum atomic E-state index is 0.405. The van der Waals surface area contributed by atoms with Crippen molar-refractivity contribution in [3.63, 3.8) is 0 Å². The van der Waals surface area contributed by atoms with Crippen LogP contribution in [-0.4, -0.2) is 18.4 Å². The van der Waals surface area contributed by atoms with Crippen molar-refractivity contribution in [2.24, 2.45) is 5.10 Å². The SMILES string of the molecule is COc1ccccc1NC(=S)NN=Cc1ccc(C)cc1. The highest BCUT2D eigenvalue weighted by Crippen LogP contribution is 2.22. The maximum Gasteiger partial charge on any atom is 0.191 e. The third-order valence-electron chi connectivity index (χ3n) is 2.81. The fourth-order valence-corrected chi connectivity index (χ4v) is 1.88. The van der Waals surface area contributed by atoms with Crippen molar-refractivity contribution < 1.29 is 4.74 Å². The molecule has 0 spiro atoms. The van der Waals surface area contributed by atoms with Gasteiger partial charge in [-0.3, -0.25) is 5.43 Å². The van der Waals surface area contributed by atoms with Gasteiger partial charge in [0.2, 0.25) is 0 Å². The lowest BCUT2D eigenvalue weighted by atomic mass is 10.2. The Labute approximate surface area is 129 Å². The van der Waals surface area contributed by atoms with Crippen LogP contribution >= 0.6 is 12.2 Å². The van der Waals surface area contributed by atoms with Gasteiger partial charge in [0.25, 0.3) is 0 Å². The zero-order chi connectivity index (χ0) is 15.1. The number of hydrogen-bond acceptors (Lipinski definition) is 3. The Morgan fingerprint density at radius 1 is 1.14 bits per heavy atom. The summed E-state index contributed by atoms with van der Waals surface area (Å²) in [7, 11) is 1.62. The highest BCUT2D eigenvalue weighted by atomic mass is 32.1. The molecule has 0 aromatic heterocycles. The summed E-state index contributed by atoms with van der Waals surface area (Å²) in [6, 6.07) is 15.6. The van der Waals surface area contributed by atoms with Crippen molar-refractivity contribution in [2.75, 3.05) is 12.4 Å². The standard InChI is InChI=1S/C16H17N3OS/c1-12-7-9-13(10-8-12)11-17-19-16(21)18-14-5-3-4-6-15(14)20-2/h3-11H,1-2H3,(H2,18,19,21).